The number of hydrogen-bond acceptors (Lipinski definition) is 5. The first-order chi connectivity index (χ1) is 9.74. The topological polar surface area (TPSA) is 35.5 Å². The van der Waals surface area contributed by atoms with Crippen molar-refractivity contribution in [3.63, 3.8) is 0 Å². The summed E-state index contributed by atoms with van der Waals surface area (Å²) in [7, 11) is 2.17. The monoisotopic (exact) mass is 277 g/mol. The van der Waals surface area contributed by atoms with Gasteiger partial charge in [-0.2, -0.15) is 0 Å². The molecule has 0 spiro atoms. The quantitative estimate of drug-likeness (QED) is 0.793. The Hall–Kier alpha value is -1.36. The normalized spacial score (nSPS) is 16.4. The van der Waals surface area contributed by atoms with E-state index in [1.54, 1.807) is 6.33 Å². The maximum Gasteiger partial charge on any atom is 0.134 e. The van der Waals surface area contributed by atoms with Crippen molar-refractivity contribution in [2.75, 3.05) is 56.1 Å². The van der Waals surface area contributed by atoms with Crippen LogP contribution in [0.3, 0.4) is 0 Å². The number of rotatable bonds is 6. The van der Waals surface area contributed by atoms with Crippen LogP contribution in [0.4, 0.5) is 11.6 Å². The molecular weight excluding hydrogens is 250 g/mol. The lowest BCUT2D eigenvalue weighted by Gasteiger charge is -2.33. The Kier molecular flexibility index (Phi) is 5.59. The van der Waals surface area contributed by atoms with E-state index in [1.165, 1.54) is 0 Å². The molecule has 5 heteroatoms. The zero-order chi connectivity index (χ0) is 14.4. The molecule has 0 unspecified atom stereocenters. The van der Waals surface area contributed by atoms with Crippen LogP contribution in [-0.4, -0.2) is 61.2 Å². The second-order valence-electron chi connectivity index (χ2n) is 5.51. The van der Waals surface area contributed by atoms with Gasteiger partial charge in [0.15, 0.2) is 0 Å². The minimum absolute atomic E-state index is 1.05. The summed E-state index contributed by atoms with van der Waals surface area (Å²) in [5.74, 6) is 2.14. The molecule has 0 radical (unpaired) electrons. The third-order valence-electron chi connectivity index (χ3n) is 3.78. The average Bonchev–Trinajstić information content (AvgIpc) is 2.48. The van der Waals surface area contributed by atoms with Gasteiger partial charge in [-0.1, -0.05) is 13.8 Å². The Labute approximate surface area is 122 Å². The highest BCUT2D eigenvalue weighted by molar-refractivity contribution is 5.50. The predicted molar refractivity (Wildman–Crippen MR) is 84.5 cm³/mol. The molecule has 1 aromatic heterocycles. The number of anilines is 2. The first-order valence-corrected chi connectivity index (χ1v) is 7.75. The number of aromatic nitrogens is 2. The number of hydrogen-bond donors (Lipinski definition) is 0. The van der Waals surface area contributed by atoms with E-state index in [4.69, 9.17) is 0 Å². The average molecular weight is 277 g/mol. The third-order valence-corrected chi connectivity index (χ3v) is 3.78. The van der Waals surface area contributed by atoms with Gasteiger partial charge in [-0.3, -0.25) is 0 Å². The summed E-state index contributed by atoms with van der Waals surface area (Å²) in [5.41, 5.74) is 0. The molecule has 0 bridgehead atoms. The van der Waals surface area contributed by atoms with Crippen LogP contribution in [0, 0.1) is 0 Å². The van der Waals surface area contributed by atoms with Crippen molar-refractivity contribution in [2.45, 2.75) is 26.7 Å². The van der Waals surface area contributed by atoms with Gasteiger partial charge in [0, 0.05) is 45.3 Å². The zero-order valence-electron chi connectivity index (χ0n) is 13.0. The fourth-order valence-electron chi connectivity index (χ4n) is 2.60. The molecule has 5 nitrogen and oxygen atoms in total. The molecule has 0 amide bonds. The van der Waals surface area contributed by atoms with E-state index in [0.29, 0.717) is 0 Å². The van der Waals surface area contributed by atoms with Gasteiger partial charge in [-0.05, 0) is 19.9 Å². The Morgan fingerprint density at radius 1 is 1.05 bits per heavy atom. The van der Waals surface area contributed by atoms with Crippen LogP contribution in [0.25, 0.3) is 0 Å². The van der Waals surface area contributed by atoms with E-state index in [9.17, 15) is 0 Å². The standard InChI is InChI=1S/C15H27N5/c1-4-6-19(7-5-2)14-12-15(17-13-16-14)20-10-8-18(3)9-11-20/h12-13H,4-11H2,1-3H3. The van der Waals surface area contributed by atoms with Crippen LogP contribution in [0.5, 0.6) is 0 Å². The molecule has 1 aliphatic rings. The lowest BCUT2D eigenvalue weighted by Crippen LogP contribution is -2.44. The van der Waals surface area contributed by atoms with Gasteiger partial charge in [0.1, 0.15) is 18.0 Å². The molecule has 0 N–H and O–H groups in total. The molecule has 1 saturated heterocycles. The van der Waals surface area contributed by atoms with Crippen LogP contribution < -0.4 is 9.80 Å². The number of nitrogens with zero attached hydrogens (tertiary/aromatic N) is 5. The molecule has 1 fully saturated rings. The molecule has 0 saturated carbocycles. The summed E-state index contributed by atoms with van der Waals surface area (Å²) in [6.07, 6.45) is 4.00. The first-order valence-electron chi connectivity index (χ1n) is 7.75. The molecule has 112 valence electrons. The summed E-state index contributed by atoms with van der Waals surface area (Å²) in [4.78, 5) is 16.0. The van der Waals surface area contributed by atoms with Crippen molar-refractivity contribution in [1.29, 1.82) is 0 Å². The minimum atomic E-state index is 1.05. The van der Waals surface area contributed by atoms with Crippen LogP contribution in [-0.2, 0) is 0 Å². The first kappa shape index (κ1) is 15.0. The van der Waals surface area contributed by atoms with Crippen molar-refractivity contribution in [2.24, 2.45) is 0 Å². The van der Waals surface area contributed by atoms with Gasteiger partial charge in [0.05, 0.1) is 0 Å². The predicted octanol–water partition coefficient (Wildman–Crippen LogP) is 1.85. The highest BCUT2D eigenvalue weighted by Gasteiger charge is 2.16. The Morgan fingerprint density at radius 3 is 2.30 bits per heavy atom. The van der Waals surface area contributed by atoms with Crippen LogP contribution in [0.2, 0.25) is 0 Å². The van der Waals surface area contributed by atoms with Crippen LogP contribution in [0.15, 0.2) is 12.4 Å². The fourth-order valence-corrected chi connectivity index (χ4v) is 2.60. The van der Waals surface area contributed by atoms with Crippen molar-refractivity contribution in [3.05, 3.63) is 12.4 Å². The van der Waals surface area contributed by atoms with Gasteiger partial charge >= 0.3 is 0 Å². The highest BCUT2D eigenvalue weighted by Crippen LogP contribution is 2.19. The minimum Gasteiger partial charge on any atom is -0.356 e. The van der Waals surface area contributed by atoms with Crippen molar-refractivity contribution in [1.82, 2.24) is 14.9 Å². The fraction of sp³-hybridized carbons (Fsp3) is 0.733. The number of likely N-dealkylation sites (N-methyl/N-ethyl adjacent to an activating group) is 1. The Bertz CT molecular complexity index is 395. The summed E-state index contributed by atoms with van der Waals surface area (Å²) in [6, 6.07) is 2.15. The maximum atomic E-state index is 4.46. The smallest absolute Gasteiger partial charge is 0.134 e. The second kappa shape index (κ2) is 7.43. The summed E-state index contributed by atoms with van der Waals surface area (Å²) in [6.45, 7) is 10.9. The van der Waals surface area contributed by atoms with Gasteiger partial charge in [0.2, 0.25) is 0 Å². The maximum absolute atomic E-state index is 4.46. The highest BCUT2D eigenvalue weighted by atomic mass is 15.3. The van der Waals surface area contributed by atoms with E-state index >= 15 is 0 Å². The molecule has 1 aliphatic heterocycles. The molecule has 0 atom stereocenters. The largest absolute Gasteiger partial charge is 0.356 e. The van der Waals surface area contributed by atoms with Crippen molar-refractivity contribution >= 4 is 11.6 Å². The Morgan fingerprint density at radius 2 is 1.70 bits per heavy atom. The SMILES string of the molecule is CCCN(CCC)c1cc(N2CCN(C)CC2)ncn1. The summed E-state index contributed by atoms with van der Waals surface area (Å²) < 4.78 is 0. The lowest BCUT2D eigenvalue weighted by atomic mass is 10.3. The van der Waals surface area contributed by atoms with E-state index in [-0.39, 0.29) is 0 Å². The Balaban J connectivity index is 2.09. The van der Waals surface area contributed by atoms with Crippen LogP contribution in [0.1, 0.15) is 26.7 Å². The lowest BCUT2D eigenvalue weighted by molar-refractivity contribution is 0.312. The molecule has 2 heterocycles. The van der Waals surface area contributed by atoms with Crippen LogP contribution >= 0.6 is 0 Å². The zero-order valence-corrected chi connectivity index (χ0v) is 13.0. The van der Waals surface area contributed by atoms with E-state index in [0.717, 1.165) is 63.7 Å². The number of piperazine rings is 1. The van der Waals surface area contributed by atoms with E-state index in [2.05, 4.69) is 51.6 Å². The molecule has 1 aromatic rings. The van der Waals surface area contributed by atoms with E-state index < -0.39 is 0 Å². The second-order valence-corrected chi connectivity index (χ2v) is 5.51. The summed E-state index contributed by atoms with van der Waals surface area (Å²) in [5, 5.41) is 0. The van der Waals surface area contributed by atoms with Crippen molar-refractivity contribution in [3.8, 4) is 0 Å². The third kappa shape index (κ3) is 3.82. The van der Waals surface area contributed by atoms with Crippen molar-refractivity contribution < 1.29 is 0 Å². The summed E-state index contributed by atoms with van der Waals surface area (Å²) >= 11 is 0. The van der Waals surface area contributed by atoms with Gasteiger partial charge < -0.3 is 14.7 Å². The van der Waals surface area contributed by atoms with Gasteiger partial charge in [-0.25, -0.2) is 9.97 Å². The molecular formula is C15H27N5. The van der Waals surface area contributed by atoms with E-state index in [1.807, 2.05) is 0 Å². The van der Waals surface area contributed by atoms with Gasteiger partial charge in [0.25, 0.3) is 0 Å². The molecule has 2 rings (SSSR count). The molecule has 20 heavy (non-hydrogen) atoms. The molecule has 0 aliphatic carbocycles. The van der Waals surface area contributed by atoms with Gasteiger partial charge in [-0.15, -0.1) is 0 Å². The molecule has 0 aromatic carbocycles.